The standard InChI is InChI=1S/C19H23N3O4/c1-12(2)11-22-18(25)15-8-4-3-7-14(15)17(20-22)19(26)21-9-5-6-13(21)10-16(23)24/h3-4,7-8,12-13H,5-6,9-11H2,1-2H3,(H,23,24). The first-order valence-corrected chi connectivity index (χ1v) is 8.91. The van der Waals surface area contributed by atoms with Gasteiger partial charge in [-0.3, -0.25) is 14.4 Å². The smallest absolute Gasteiger partial charge is 0.305 e. The third-order valence-electron chi connectivity index (χ3n) is 4.66. The summed E-state index contributed by atoms with van der Waals surface area (Å²) in [4.78, 5) is 38.5. The molecule has 1 saturated heterocycles. The Kier molecular flexibility index (Phi) is 5.06. The predicted molar refractivity (Wildman–Crippen MR) is 97.2 cm³/mol. The lowest BCUT2D eigenvalue weighted by molar-refractivity contribution is -0.137. The highest BCUT2D eigenvalue weighted by Crippen LogP contribution is 2.24. The molecule has 0 spiro atoms. The molecule has 0 radical (unpaired) electrons. The molecule has 2 aromatic rings. The molecule has 0 aliphatic carbocycles. The highest BCUT2D eigenvalue weighted by molar-refractivity contribution is 6.05. The summed E-state index contributed by atoms with van der Waals surface area (Å²) in [5.41, 5.74) is 0.00694. The Morgan fingerprint density at radius 2 is 1.96 bits per heavy atom. The minimum atomic E-state index is -0.919. The SMILES string of the molecule is CC(C)Cn1nc(C(=O)N2CCCC2CC(=O)O)c2ccccc2c1=O. The fourth-order valence-electron chi connectivity index (χ4n) is 3.52. The molecule has 1 amide bonds. The van der Waals surface area contributed by atoms with E-state index in [0.717, 1.165) is 6.42 Å². The van der Waals surface area contributed by atoms with Crippen molar-refractivity contribution in [2.24, 2.45) is 5.92 Å². The molecule has 2 heterocycles. The largest absolute Gasteiger partial charge is 0.481 e. The number of aromatic nitrogens is 2. The minimum Gasteiger partial charge on any atom is -0.481 e. The number of likely N-dealkylation sites (tertiary alicyclic amines) is 1. The topological polar surface area (TPSA) is 92.5 Å². The quantitative estimate of drug-likeness (QED) is 0.885. The van der Waals surface area contributed by atoms with E-state index in [1.807, 2.05) is 13.8 Å². The molecular formula is C19H23N3O4. The van der Waals surface area contributed by atoms with Crippen LogP contribution in [0.5, 0.6) is 0 Å². The van der Waals surface area contributed by atoms with Crippen molar-refractivity contribution < 1.29 is 14.7 Å². The Bertz CT molecular complexity index is 903. The number of rotatable bonds is 5. The third-order valence-corrected chi connectivity index (χ3v) is 4.66. The molecule has 1 unspecified atom stereocenters. The van der Waals surface area contributed by atoms with E-state index in [1.165, 1.54) is 4.68 Å². The molecule has 7 heteroatoms. The lowest BCUT2D eigenvalue weighted by Crippen LogP contribution is -2.39. The van der Waals surface area contributed by atoms with Crippen molar-refractivity contribution >= 4 is 22.6 Å². The van der Waals surface area contributed by atoms with E-state index in [1.54, 1.807) is 29.2 Å². The van der Waals surface area contributed by atoms with Crippen molar-refractivity contribution in [3.63, 3.8) is 0 Å². The molecule has 1 fully saturated rings. The van der Waals surface area contributed by atoms with Crippen LogP contribution in [0, 0.1) is 5.92 Å². The Morgan fingerprint density at radius 1 is 1.27 bits per heavy atom. The maximum absolute atomic E-state index is 13.2. The van der Waals surface area contributed by atoms with Crippen molar-refractivity contribution in [1.82, 2.24) is 14.7 Å². The van der Waals surface area contributed by atoms with Gasteiger partial charge in [0.05, 0.1) is 11.8 Å². The second-order valence-corrected chi connectivity index (χ2v) is 7.17. The molecule has 26 heavy (non-hydrogen) atoms. The lowest BCUT2D eigenvalue weighted by atomic mass is 10.1. The summed E-state index contributed by atoms with van der Waals surface area (Å²) < 4.78 is 1.35. The molecule has 138 valence electrons. The Hall–Kier alpha value is -2.70. The van der Waals surface area contributed by atoms with Crippen molar-refractivity contribution in [2.75, 3.05) is 6.54 Å². The van der Waals surface area contributed by atoms with Crippen molar-refractivity contribution in [3.8, 4) is 0 Å². The number of carbonyl (C=O) groups is 2. The van der Waals surface area contributed by atoms with Gasteiger partial charge in [0.25, 0.3) is 11.5 Å². The van der Waals surface area contributed by atoms with E-state index in [4.69, 9.17) is 5.11 Å². The van der Waals surface area contributed by atoms with Gasteiger partial charge >= 0.3 is 5.97 Å². The van der Waals surface area contributed by atoms with Gasteiger partial charge in [-0.2, -0.15) is 5.10 Å². The van der Waals surface area contributed by atoms with Crippen LogP contribution >= 0.6 is 0 Å². The van der Waals surface area contributed by atoms with Gasteiger partial charge in [0.2, 0.25) is 0 Å². The molecule has 1 atom stereocenters. The highest BCUT2D eigenvalue weighted by Gasteiger charge is 2.33. The van der Waals surface area contributed by atoms with Crippen LogP contribution in [-0.2, 0) is 11.3 Å². The highest BCUT2D eigenvalue weighted by atomic mass is 16.4. The molecule has 1 aliphatic rings. The molecule has 3 rings (SSSR count). The third kappa shape index (κ3) is 3.47. The number of hydrogen-bond donors (Lipinski definition) is 1. The van der Waals surface area contributed by atoms with Crippen molar-refractivity contribution in [3.05, 3.63) is 40.3 Å². The van der Waals surface area contributed by atoms with Crippen LogP contribution in [-0.4, -0.2) is 44.3 Å². The summed E-state index contributed by atoms with van der Waals surface area (Å²) in [6, 6.07) is 6.63. The number of fused-ring (bicyclic) bond motifs is 1. The Balaban J connectivity index is 2.08. The molecular weight excluding hydrogens is 334 g/mol. The predicted octanol–water partition coefficient (Wildman–Crippen LogP) is 2.13. The van der Waals surface area contributed by atoms with E-state index in [2.05, 4.69) is 5.10 Å². The number of carboxylic acid groups (broad SMARTS) is 1. The molecule has 0 saturated carbocycles. The summed E-state index contributed by atoms with van der Waals surface area (Å²) in [5, 5.41) is 14.4. The fourth-order valence-corrected chi connectivity index (χ4v) is 3.52. The second kappa shape index (κ2) is 7.27. The first-order chi connectivity index (χ1) is 12.4. The zero-order valence-corrected chi connectivity index (χ0v) is 15.0. The van der Waals surface area contributed by atoms with E-state index < -0.39 is 5.97 Å². The van der Waals surface area contributed by atoms with E-state index >= 15 is 0 Å². The van der Waals surface area contributed by atoms with Gasteiger partial charge in [-0.25, -0.2) is 4.68 Å². The van der Waals surface area contributed by atoms with Crippen LogP contribution in [0.1, 0.15) is 43.6 Å². The van der Waals surface area contributed by atoms with Gasteiger partial charge in [0.1, 0.15) is 0 Å². The molecule has 1 aromatic heterocycles. The molecule has 0 bridgehead atoms. The van der Waals surface area contributed by atoms with Crippen LogP contribution in [0.3, 0.4) is 0 Å². The average molecular weight is 357 g/mol. The molecule has 1 N–H and O–H groups in total. The van der Waals surface area contributed by atoms with Crippen molar-refractivity contribution in [2.45, 2.75) is 45.7 Å². The molecule has 1 aliphatic heterocycles. The van der Waals surface area contributed by atoms with Gasteiger partial charge in [0, 0.05) is 24.5 Å². The van der Waals surface area contributed by atoms with E-state index in [9.17, 15) is 14.4 Å². The maximum Gasteiger partial charge on any atom is 0.305 e. The van der Waals surface area contributed by atoms with Crippen LogP contribution in [0.4, 0.5) is 0 Å². The van der Waals surface area contributed by atoms with Crippen molar-refractivity contribution in [1.29, 1.82) is 0 Å². The van der Waals surface area contributed by atoms with Crippen LogP contribution in [0.15, 0.2) is 29.1 Å². The van der Waals surface area contributed by atoms with Gasteiger partial charge in [-0.15, -0.1) is 0 Å². The molecule has 1 aromatic carbocycles. The van der Waals surface area contributed by atoms with E-state index in [0.29, 0.717) is 30.3 Å². The number of benzene rings is 1. The summed E-state index contributed by atoms with van der Waals surface area (Å²) in [7, 11) is 0. The second-order valence-electron chi connectivity index (χ2n) is 7.17. The summed E-state index contributed by atoms with van der Waals surface area (Å²) in [6.45, 7) is 4.89. The van der Waals surface area contributed by atoms with Crippen LogP contribution < -0.4 is 5.56 Å². The van der Waals surface area contributed by atoms with Gasteiger partial charge < -0.3 is 10.0 Å². The first-order valence-electron chi connectivity index (χ1n) is 8.91. The summed E-state index contributed by atoms with van der Waals surface area (Å²) in [6.07, 6.45) is 1.37. The number of carbonyl (C=O) groups excluding carboxylic acids is 1. The molecule has 7 nitrogen and oxygen atoms in total. The average Bonchev–Trinajstić information content (AvgIpc) is 3.04. The van der Waals surface area contributed by atoms with Gasteiger partial charge in [-0.05, 0) is 24.8 Å². The maximum atomic E-state index is 13.2. The monoisotopic (exact) mass is 357 g/mol. The number of hydrogen-bond acceptors (Lipinski definition) is 4. The van der Waals surface area contributed by atoms with Gasteiger partial charge in [0.15, 0.2) is 5.69 Å². The Morgan fingerprint density at radius 3 is 2.62 bits per heavy atom. The normalized spacial score (nSPS) is 17.2. The van der Waals surface area contributed by atoms with Gasteiger partial charge in [-0.1, -0.05) is 32.0 Å². The lowest BCUT2D eigenvalue weighted by Gasteiger charge is -2.24. The zero-order chi connectivity index (χ0) is 18.8. The summed E-state index contributed by atoms with van der Waals surface area (Å²) in [5.74, 6) is -1.02. The fraction of sp³-hybridized carbons (Fsp3) is 0.474. The number of aliphatic carboxylic acids is 1. The zero-order valence-electron chi connectivity index (χ0n) is 15.0. The number of nitrogens with zero attached hydrogens (tertiary/aromatic N) is 3. The van der Waals surface area contributed by atoms with Crippen LogP contribution in [0.2, 0.25) is 0 Å². The summed E-state index contributed by atoms with van der Waals surface area (Å²) >= 11 is 0. The van der Waals surface area contributed by atoms with Crippen LogP contribution in [0.25, 0.3) is 10.8 Å². The number of amides is 1. The number of carboxylic acids is 1. The Labute approximate surface area is 151 Å². The minimum absolute atomic E-state index is 0.0741. The van der Waals surface area contributed by atoms with E-state index in [-0.39, 0.29) is 35.5 Å². The first kappa shape index (κ1) is 18.1.